The van der Waals surface area contributed by atoms with E-state index < -0.39 is 5.41 Å². The van der Waals surface area contributed by atoms with Crippen LogP contribution in [0.1, 0.15) is 33.6 Å². The average molecular weight is 628 g/mol. The van der Waals surface area contributed by atoms with Gasteiger partial charge in [0.05, 0.1) is 16.6 Å². The first-order valence-electron chi connectivity index (χ1n) is 16.8. The molecule has 9 rings (SSSR count). The number of para-hydroxylation sites is 1. The van der Waals surface area contributed by atoms with Crippen LogP contribution in [0.4, 0.5) is 0 Å². The highest BCUT2D eigenvalue weighted by atomic mass is 14.9. The summed E-state index contributed by atoms with van der Waals surface area (Å²) in [7, 11) is 0. The van der Waals surface area contributed by atoms with Gasteiger partial charge in [-0.2, -0.15) is 0 Å². The van der Waals surface area contributed by atoms with Gasteiger partial charge in [-0.15, -0.1) is 0 Å². The summed E-state index contributed by atoms with van der Waals surface area (Å²) in [6.07, 6.45) is 0. The number of nitrogens with zero attached hydrogens (tertiary/aromatic N) is 3. The third-order valence-corrected chi connectivity index (χ3v) is 10.0. The number of aromatic nitrogens is 3. The van der Waals surface area contributed by atoms with Crippen LogP contribution < -0.4 is 0 Å². The number of pyridine rings is 1. The molecule has 0 N–H and O–H groups in total. The SMILES string of the molecule is Cc1ccc(-c2ccc(-c3nc(-c4ccc5c(c4)C(c4ccccc4)(c4ccccc4)c4ccccc4-5)c4ccccc4n3)cc2)c(C)n1. The topological polar surface area (TPSA) is 38.7 Å². The van der Waals surface area contributed by atoms with E-state index in [-0.39, 0.29) is 0 Å². The Morgan fingerprint density at radius 3 is 1.76 bits per heavy atom. The molecule has 0 atom stereocenters. The third-order valence-electron chi connectivity index (χ3n) is 10.0. The van der Waals surface area contributed by atoms with Crippen LogP contribution in [0.15, 0.2) is 164 Å². The Hall–Kier alpha value is -6.19. The molecule has 0 aliphatic heterocycles. The summed E-state index contributed by atoms with van der Waals surface area (Å²) in [4.78, 5) is 15.1. The van der Waals surface area contributed by atoms with Gasteiger partial charge in [0.25, 0.3) is 0 Å². The van der Waals surface area contributed by atoms with Crippen LogP contribution in [0.3, 0.4) is 0 Å². The Morgan fingerprint density at radius 1 is 0.429 bits per heavy atom. The van der Waals surface area contributed by atoms with E-state index in [9.17, 15) is 0 Å². The van der Waals surface area contributed by atoms with E-state index in [4.69, 9.17) is 9.97 Å². The molecule has 0 amide bonds. The van der Waals surface area contributed by atoms with Crippen molar-refractivity contribution >= 4 is 10.9 Å². The van der Waals surface area contributed by atoms with E-state index in [1.54, 1.807) is 0 Å². The fraction of sp³-hybridized carbons (Fsp3) is 0.0652. The minimum absolute atomic E-state index is 0.477. The molecule has 0 radical (unpaired) electrons. The van der Waals surface area contributed by atoms with Gasteiger partial charge in [-0.1, -0.05) is 146 Å². The number of benzene rings is 6. The maximum atomic E-state index is 5.32. The Bertz CT molecular complexity index is 2460. The zero-order chi connectivity index (χ0) is 33.0. The molecule has 0 bridgehead atoms. The van der Waals surface area contributed by atoms with E-state index in [1.807, 2.05) is 13.0 Å². The summed E-state index contributed by atoms with van der Waals surface area (Å²) in [5.41, 5.74) is 15.3. The molecule has 2 aromatic heterocycles. The summed E-state index contributed by atoms with van der Waals surface area (Å²) < 4.78 is 0. The van der Waals surface area contributed by atoms with Crippen molar-refractivity contribution in [1.29, 1.82) is 0 Å². The number of fused-ring (bicyclic) bond motifs is 4. The lowest BCUT2D eigenvalue weighted by atomic mass is 9.67. The van der Waals surface area contributed by atoms with Crippen LogP contribution in [0.25, 0.3) is 55.8 Å². The van der Waals surface area contributed by atoms with Gasteiger partial charge >= 0.3 is 0 Å². The summed E-state index contributed by atoms with van der Waals surface area (Å²) in [6.45, 7) is 4.09. The molecule has 49 heavy (non-hydrogen) atoms. The lowest BCUT2D eigenvalue weighted by Crippen LogP contribution is -2.28. The summed E-state index contributed by atoms with van der Waals surface area (Å²) >= 11 is 0. The summed E-state index contributed by atoms with van der Waals surface area (Å²) in [5, 5.41) is 1.03. The maximum Gasteiger partial charge on any atom is 0.160 e. The average Bonchev–Trinajstić information content (AvgIpc) is 3.45. The van der Waals surface area contributed by atoms with Crippen LogP contribution in [-0.4, -0.2) is 15.0 Å². The second kappa shape index (κ2) is 11.5. The van der Waals surface area contributed by atoms with Crippen molar-refractivity contribution < 1.29 is 0 Å². The number of rotatable bonds is 5. The largest absolute Gasteiger partial charge is 0.258 e. The molecule has 3 nitrogen and oxygen atoms in total. The molecule has 3 heteroatoms. The van der Waals surface area contributed by atoms with Crippen LogP contribution >= 0.6 is 0 Å². The fourth-order valence-corrected chi connectivity index (χ4v) is 7.81. The van der Waals surface area contributed by atoms with Gasteiger partial charge in [-0.05, 0) is 71.0 Å². The predicted molar refractivity (Wildman–Crippen MR) is 200 cm³/mol. The highest BCUT2D eigenvalue weighted by Gasteiger charge is 2.46. The molecule has 8 aromatic rings. The van der Waals surface area contributed by atoms with E-state index in [0.29, 0.717) is 5.82 Å². The van der Waals surface area contributed by atoms with Gasteiger partial charge in [0.15, 0.2) is 5.82 Å². The molecule has 2 heterocycles. The number of aryl methyl sites for hydroxylation is 2. The van der Waals surface area contributed by atoms with Crippen LogP contribution in [0, 0.1) is 13.8 Å². The summed E-state index contributed by atoms with van der Waals surface area (Å²) in [6, 6.07) is 58.7. The van der Waals surface area contributed by atoms with Gasteiger partial charge in [0.1, 0.15) is 0 Å². The minimum atomic E-state index is -0.477. The van der Waals surface area contributed by atoms with E-state index in [2.05, 4.69) is 170 Å². The molecule has 6 aromatic carbocycles. The first-order chi connectivity index (χ1) is 24.1. The quantitative estimate of drug-likeness (QED) is 0.191. The lowest BCUT2D eigenvalue weighted by Gasteiger charge is -2.34. The molecular formula is C46H33N3. The molecule has 0 saturated heterocycles. The fourth-order valence-electron chi connectivity index (χ4n) is 7.81. The maximum absolute atomic E-state index is 5.32. The summed E-state index contributed by atoms with van der Waals surface area (Å²) in [5.74, 6) is 0.708. The van der Waals surface area contributed by atoms with Crippen molar-refractivity contribution in [2.45, 2.75) is 19.3 Å². The van der Waals surface area contributed by atoms with Crippen LogP contribution in [0.5, 0.6) is 0 Å². The van der Waals surface area contributed by atoms with Crippen molar-refractivity contribution in [3.63, 3.8) is 0 Å². The third kappa shape index (κ3) is 4.62. The first-order valence-corrected chi connectivity index (χ1v) is 16.8. The number of hydrogen-bond acceptors (Lipinski definition) is 3. The number of hydrogen-bond donors (Lipinski definition) is 0. The Kier molecular flexibility index (Phi) is 6.80. The van der Waals surface area contributed by atoms with Gasteiger partial charge in [0, 0.05) is 33.5 Å². The van der Waals surface area contributed by atoms with Crippen molar-refractivity contribution in [3.05, 3.63) is 197 Å². The van der Waals surface area contributed by atoms with Crippen molar-refractivity contribution in [3.8, 4) is 44.9 Å². The predicted octanol–water partition coefficient (Wildman–Crippen LogP) is 11.0. The monoisotopic (exact) mass is 627 g/mol. The molecule has 0 unspecified atom stereocenters. The second-order valence-corrected chi connectivity index (χ2v) is 12.9. The van der Waals surface area contributed by atoms with Gasteiger partial charge < -0.3 is 0 Å². The second-order valence-electron chi connectivity index (χ2n) is 12.9. The van der Waals surface area contributed by atoms with Crippen molar-refractivity contribution in [2.75, 3.05) is 0 Å². The normalized spacial score (nSPS) is 12.9. The van der Waals surface area contributed by atoms with Crippen LogP contribution in [-0.2, 0) is 5.41 Å². The Labute approximate surface area is 286 Å². The Morgan fingerprint density at radius 2 is 1.02 bits per heavy atom. The standard InChI is InChI=1S/C46H33N3/c1-30-21-27-37(31(2)47-30)32-22-24-33(25-23-32)45-48-43-20-12-10-18-40(43)44(49-45)34-26-28-39-38-17-9-11-19-41(38)46(42(39)29-34,35-13-5-3-6-14-35)36-15-7-4-8-16-36/h3-29H,1-2H3. The van der Waals surface area contributed by atoms with Gasteiger partial charge in [-0.25, -0.2) is 9.97 Å². The van der Waals surface area contributed by atoms with Gasteiger partial charge in [-0.3, -0.25) is 4.98 Å². The first kappa shape index (κ1) is 29.0. The highest BCUT2D eigenvalue weighted by Crippen LogP contribution is 2.56. The van der Waals surface area contributed by atoms with Gasteiger partial charge in [0.2, 0.25) is 0 Å². The van der Waals surface area contributed by atoms with E-state index >= 15 is 0 Å². The van der Waals surface area contributed by atoms with E-state index in [1.165, 1.54) is 33.4 Å². The molecule has 0 saturated carbocycles. The molecule has 232 valence electrons. The van der Waals surface area contributed by atoms with Crippen molar-refractivity contribution in [1.82, 2.24) is 15.0 Å². The molecule has 1 aliphatic rings. The smallest absolute Gasteiger partial charge is 0.160 e. The zero-order valence-corrected chi connectivity index (χ0v) is 27.4. The minimum Gasteiger partial charge on any atom is -0.258 e. The lowest BCUT2D eigenvalue weighted by molar-refractivity contribution is 0.768. The Balaban J connectivity index is 1.25. The van der Waals surface area contributed by atoms with Crippen LogP contribution in [0.2, 0.25) is 0 Å². The molecule has 0 fully saturated rings. The molecular weight excluding hydrogens is 595 g/mol. The van der Waals surface area contributed by atoms with Crippen molar-refractivity contribution in [2.24, 2.45) is 0 Å². The zero-order valence-electron chi connectivity index (χ0n) is 27.4. The molecule has 0 spiro atoms. The molecule has 1 aliphatic carbocycles. The van der Waals surface area contributed by atoms with E-state index in [0.717, 1.165) is 50.2 Å². The highest BCUT2D eigenvalue weighted by molar-refractivity contribution is 5.96.